The number of carbonyl (C=O) groups is 3. The standard InChI is InChI=1S/C39H47Cl2FN2O4/c1-9-24(5)19-27(33-21-28(40)15-18-35(33)48-39(11-3,12-4)38(47)43-8)20-37(46)44(36(45)10-2)34-22-29(41)14-17-31(34)26(7)32-23-30(42)16-13-25(32)6/h9,13-18,21-23,26-27H,10-12,19-20H2,1-8H3,(H,43,47)/b24-9+. The van der Waals surface area contributed by atoms with Gasteiger partial charge >= 0.3 is 0 Å². The first-order valence-corrected chi connectivity index (χ1v) is 17.2. The molecule has 0 spiro atoms. The lowest BCUT2D eigenvalue weighted by Gasteiger charge is -2.33. The maximum atomic E-state index is 14.5. The van der Waals surface area contributed by atoms with Gasteiger partial charge in [0.1, 0.15) is 11.6 Å². The van der Waals surface area contributed by atoms with E-state index < -0.39 is 23.3 Å². The fraction of sp³-hybridized carbons (Fsp3) is 0.410. The van der Waals surface area contributed by atoms with Crippen LogP contribution in [0.4, 0.5) is 10.1 Å². The molecule has 9 heteroatoms. The second-order valence-electron chi connectivity index (χ2n) is 12.2. The predicted octanol–water partition coefficient (Wildman–Crippen LogP) is 10.1. The summed E-state index contributed by atoms with van der Waals surface area (Å²) in [6.07, 6.45) is 3.28. The summed E-state index contributed by atoms with van der Waals surface area (Å²) in [5.74, 6) is -1.83. The minimum atomic E-state index is -1.13. The van der Waals surface area contributed by atoms with Crippen molar-refractivity contribution in [3.05, 3.63) is 104 Å². The zero-order valence-electron chi connectivity index (χ0n) is 29.2. The van der Waals surface area contributed by atoms with Crippen molar-refractivity contribution >= 4 is 46.6 Å². The van der Waals surface area contributed by atoms with Crippen molar-refractivity contribution in [2.45, 2.75) is 98.0 Å². The Morgan fingerprint density at radius 1 is 0.917 bits per heavy atom. The number of likely N-dealkylation sites (N-methyl/N-ethyl adjacent to an activating group) is 1. The molecule has 0 aliphatic carbocycles. The summed E-state index contributed by atoms with van der Waals surface area (Å²) >= 11 is 13.0. The van der Waals surface area contributed by atoms with Crippen LogP contribution in [0.25, 0.3) is 0 Å². The Morgan fingerprint density at radius 3 is 2.17 bits per heavy atom. The van der Waals surface area contributed by atoms with Gasteiger partial charge in [0.25, 0.3) is 5.91 Å². The zero-order chi connectivity index (χ0) is 35.8. The Kier molecular flexibility index (Phi) is 13.8. The third-order valence-corrected chi connectivity index (χ3v) is 9.66. The highest BCUT2D eigenvalue weighted by Gasteiger charge is 2.38. The topological polar surface area (TPSA) is 75.7 Å². The number of nitrogens with zero attached hydrogens (tertiary/aromatic N) is 1. The minimum absolute atomic E-state index is 0.0663. The Morgan fingerprint density at radius 2 is 1.56 bits per heavy atom. The number of carbonyl (C=O) groups excluding carboxylic acids is 3. The molecule has 3 aromatic rings. The van der Waals surface area contributed by atoms with Crippen LogP contribution in [0, 0.1) is 12.7 Å². The third kappa shape index (κ3) is 8.86. The number of anilines is 1. The largest absolute Gasteiger partial charge is 0.477 e. The molecule has 0 bridgehead atoms. The number of halogens is 3. The highest BCUT2D eigenvalue weighted by molar-refractivity contribution is 6.31. The number of benzene rings is 3. The first kappa shape index (κ1) is 38.8. The van der Waals surface area contributed by atoms with E-state index in [1.807, 2.05) is 47.6 Å². The molecule has 2 atom stereocenters. The van der Waals surface area contributed by atoms with Gasteiger partial charge in [-0.15, -0.1) is 0 Å². The van der Waals surface area contributed by atoms with Gasteiger partial charge in [0.2, 0.25) is 11.8 Å². The van der Waals surface area contributed by atoms with E-state index in [9.17, 15) is 18.8 Å². The molecule has 0 aliphatic heterocycles. The summed E-state index contributed by atoms with van der Waals surface area (Å²) in [5, 5.41) is 3.53. The smallest absolute Gasteiger partial charge is 0.263 e. The van der Waals surface area contributed by atoms with Crippen LogP contribution in [0.2, 0.25) is 10.0 Å². The molecule has 2 unspecified atom stereocenters. The molecule has 3 aromatic carbocycles. The number of ether oxygens (including phenoxy) is 1. The quantitative estimate of drug-likeness (QED) is 0.170. The second kappa shape index (κ2) is 17.1. The molecule has 0 radical (unpaired) electrons. The molecule has 0 aliphatic rings. The van der Waals surface area contributed by atoms with Crippen molar-refractivity contribution in [1.29, 1.82) is 0 Å². The Labute approximate surface area is 294 Å². The molecule has 0 aromatic heterocycles. The fourth-order valence-electron chi connectivity index (χ4n) is 6.12. The SMILES string of the molecule is C/C=C(\C)CC(CC(=O)N(C(=O)CC)c1cc(Cl)ccc1C(C)c1cc(F)ccc1C)c1cc(Cl)ccc1OC(CC)(CC)C(=O)NC. The molecule has 0 heterocycles. The van der Waals surface area contributed by atoms with Gasteiger partial charge in [-0.1, -0.05) is 74.7 Å². The van der Waals surface area contributed by atoms with E-state index in [-0.39, 0.29) is 30.5 Å². The van der Waals surface area contributed by atoms with Crippen molar-refractivity contribution in [2.75, 3.05) is 11.9 Å². The van der Waals surface area contributed by atoms with E-state index >= 15 is 0 Å². The average molecular weight is 698 g/mol. The maximum absolute atomic E-state index is 14.5. The second-order valence-corrected chi connectivity index (χ2v) is 13.1. The summed E-state index contributed by atoms with van der Waals surface area (Å²) in [6, 6.07) is 14.9. The van der Waals surface area contributed by atoms with Gasteiger partial charge in [-0.25, -0.2) is 4.39 Å². The van der Waals surface area contributed by atoms with Gasteiger partial charge in [0.05, 0.1) is 5.69 Å². The van der Waals surface area contributed by atoms with Gasteiger partial charge in [-0.2, -0.15) is 0 Å². The lowest BCUT2D eigenvalue weighted by atomic mass is 9.86. The lowest BCUT2D eigenvalue weighted by molar-refractivity contribution is -0.137. The highest BCUT2D eigenvalue weighted by atomic mass is 35.5. The number of hydrogen-bond acceptors (Lipinski definition) is 4. The number of imide groups is 1. The molecular formula is C39H47Cl2FN2O4. The Hall–Kier alpha value is -3.68. The fourth-order valence-corrected chi connectivity index (χ4v) is 6.47. The van der Waals surface area contributed by atoms with E-state index in [0.29, 0.717) is 51.9 Å². The summed E-state index contributed by atoms with van der Waals surface area (Å²) in [4.78, 5) is 42.5. The van der Waals surface area contributed by atoms with Crippen molar-refractivity contribution in [3.63, 3.8) is 0 Å². The normalized spacial score (nSPS) is 13.1. The molecular weight excluding hydrogens is 650 g/mol. The van der Waals surface area contributed by atoms with Crippen LogP contribution in [-0.2, 0) is 14.4 Å². The number of nitrogens with one attached hydrogen (secondary N) is 1. The zero-order valence-corrected chi connectivity index (χ0v) is 30.7. The Bertz CT molecular complexity index is 1670. The van der Waals surface area contributed by atoms with E-state index in [1.165, 1.54) is 17.0 Å². The van der Waals surface area contributed by atoms with Crippen molar-refractivity contribution in [2.24, 2.45) is 0 Å². The van der Waals surface area contributed by atoms with Crippen LogP contribution >= 0.6 is 23.2 Å². The molecule has 0 saturated heterocycles. The highest BCUT2D eigenvalue weighted by Crippen LogP contribution is 2.41. The number of amides is 3. The monoisotopic (exact) mass is 696 g/mol. The average Bonchev–Trinajstić information content (AvgIpc) is 3.07. The number of allylic oxidation sites excluding steroid dienone is 2. The lowest BCUT2D eigenvalue weighted by Crippen LogP contribution is -2.49. The number of hydrogen-bond donors (Lipinski definition) is 1. The summed E-state index contributed by atoms with van der Waals surface area (Å²) < 4.78 is 20.9. The van der Waals surface area contributed by atoms with Gasteiger partial charge in [0, 0.05) is 41.8 Å². The van der Waals surface area contributed by atoms with Gasteiger partial charge in [-0.05, 0) is 105 Å². The van der Waals surface area contributed by atoms with Gasteiger partial charge in [-0.3, -0.25) is 19.3 Å². The van der Waals surface area contributed by atoms with Crippen molar-refractivity contribution < 1.29 is 23.5 Å². The predicted molar refractivity (Wildman–Crippen MR) is 194 cm³/mol. The molecule has 0 saturated carbocycles. The minimum Gasteiger partial charge on any atom is -0.477 e. The summed E-state index contributed by atoms with van der Waals surface area (Å²) in [7, 11) is 1.57. The molecule has 48 heavy (non-hydrogen) atoms. The number of rotatable bonds is 14. The van der Waals surface area contributed by atoms with E-state index in [4.69, 9.17) is 27.9 Å². The van der Waals surface area contributed by atoms with E-state index in [2.05, 4.69) is 5.32 Å². The van der Waals surface area contributed by atoms with Crippen LogP contribution < -0.4 is 15.0 Å². The number of aryl methyl sites for hydroxylation is 1. The summed E-state index contributed by atoms with van der Waals surface area (Å²) in [5.41, 5.74) is 3.19. The van der Waals surface area contributed by atoms with E-state index in [0.717, 1.165) is 16.7 Å². The molecule has 3 amide bonds. The van der Waals surface area contributed by atoms with Crippen molar-refractivity contribution in [3.8, 4) is 5.75 Å². The maximum Gasteiger partial charge on any atom is 0.263 e. The summed E-state index contributed by atoms with van der Waals surface area (Å²) in [6.45, 7) is 13.2. The first-order chi connectivity index (χ1) is 22.7. The molecule has 6 nitrogen and oxygen atoms in total. The molecule has 258 valence electrons. The van der Waals surface area contributed by atoms with Crippen LogP contribution in [0.5, 0.6) is 5.75 Å². The van der Waals surface area contributed by atoms with Gasteiger partial charge in [0.15, 0.2) is 5.60 Å². The molecule has 3 rings (SSSR count). The first-order valence-electron chi connectivity index (χ1n) is 16.5. The van der Waals surface area contributed by atoms with Crippen molar-refractivity contribution in [1.82, 2.24) is 5.32 Å². The van der Waals surface area contributed by atoms with Crippen LogP contribution in [0.3, 0.4) is 0 Å². The van der Waals surface area contributed by atoms with Crippen LogP contribution in [-0.4, -0.2) is 30.4 Å². The van der Waals surface area contributed by atoms with Crippen LogP contribution in [0.1, 0.15) is 108 Å². The van der Waals surface area contributed by atoms with Crippen LogP contribution in [0.15, 0.2) is 66.2 Å². The third-order valence-electron chi connectivity index (χ3n) is 9.19. The molecule has 0 fully saturated rings. The Balaban J connectivity index is 2.18. The molecule has 1 N–H and O–H groups in total. The van der Waals surface area contributed by atoms with E-state index in [1.54, 1.807) is 56.4 Å². The van der Waals surface area contributed by atoms with Gasteiger partial charge < -0.3 is 10.1 Å².